The molecule has 0 aliphatic carbocycles. The van der Waals surface area contributed by atoms with Crippen LogP contribution in [0.5, 0.6) is 5.75 Å². The largest absolute Gasteiger partial charge is 0.487 e. The molecule has 0 spiro atoms. The molecular weight excluding hydrogens is 665 g/mol. The quantitative estimate of drug-likeness (QED) is 0.230. The number of carbonyl (C=O) groups excluding carboxylic acids is 1. The lowest BCUT2D eigenvalue weighted by atomic mass is 10.1. The topological polar surface area (TPSA) is 50.7 Å². The van der Waals surface area contributed by atoms with Crippen molar-refractivity contribution in [2.75, 3.05) is 0 Å². The average Bonchev–Trinajstić information content (AvgIpc) is 3.09. The van der Waals surface area contributed by atoms with Crippen molar-refractivity contribution in [2.24, 2.45) is 4.99 Å². The maximum Gasteiger partial charge on any atom is 0.264 e. The van der Waals surface area contributed by atoms with E-state index >= 15 is 0 Å². The highest BCUT2D eigenvalue weighted by Gasteiger charge is 2.24. The zero-order valence-corrected chi connectivity index (χ0v) is 22.9. The second kappa shape index (κ2) is 10.6. The molecule has 1 saturated heterocycles. The van der Waals surface area contributed by atoms with Crippen LogP contribution in [-0.4, -0.2) is 11.1 Å². The van der Waals surface area contributed by atoms with Crippen molar-refractivity contribution >= 4 is 79.8 Å². The lowest BCUT2D eigenvalue weighted by molar-refractivity contribution is -0.115. The van der Waals surface area contributed by atoms with Gasteiger partial charge in [0.1, 0.15) is 18.2 Å². The minimum atomic E-state index is -0.286. The van der Waals surface area contributed by atoms with Crippen LogP contribution in [0.15, 0.2) is 64.5 Å². The first-order valence-electron chi connectivity index (χ1n) is 10.0. The highest BCUT2D eigenvalue weighted by Crippen LogP contribution is 2.33. The van der Waals surface area contributed by atoms with E-state index in [2.05, 4.69) is 61.6 Å². The number of halogens is 3. The Bertz CT molecular complexity index is 1280. The summed E-state index contributed by atoms with van der Waals surface area (Å²) in [5.74, 6) is 0.238. The minimum Gasteiger partial charge on any atom is -0.487 e. The molecule has 0 bridgehead atoms. The smallest absolute Gasteiger partial charge is 0.264 e. The molecule has 8 heteroatoms. The van der Waals surface area contributed by atoms with Crippen molar-refractivity contribution in [3.8, 4) is 5.75 Å². The van der Waals surface area contributed by atoms with Crippen LogP contribution in [0.25, 0.3) is 6.08 Å². The minimum absolute atomic E-state index is 0.148. The fraction of sp³-hybridized carbons (Fsp3) is 0.120. The van der Waals surface area contributed by atoms with E-state index in [1.807, 2.05) is 44.2 Å². The first kappa shape index (κ1) is 24.2. The van der Waals surface area contributed by atoms with E-state index in [0.717, 1.165) is 24.0 Å². The number of aryl methyl sites for hydroxylation is 2. The van der Waals surface area contributed by atoms with Gasteiger partial charge in [-0.15, -0.1) is 0 Å². The summed E-state index contributed by atoms with van der Waals surface area (Å²) in [6.45, 7) is 4.19. The molecule has 3 aromatic rings. The summed E-state index contributed by atoms with van der Waals surface area (Å²) in [5, 5.41) is 3.40. The number of ether oxygens (including phenoxy) is 1. The molecule has 168 valence electrons. The first-order chi connectivity index (χ1) is 15.8. The van der Waals surface area contributed by atoms with Crippen LogP contribution < -0.4 is 10.1 Å². The van der Waals surface area contributed by atoms with Crippen molar-refractivity contribution in [2.45, 2.75) is 20.5 Å². The summed E-state index contributed by atoms with van der Waals surface area (Å²) in [5.41, 5.74) is 4.46. The van der Waals surface area contributed by atoms with Crippen LogP contribution in [0.4, 0.5) is 10.1 Å². The van der Waals surface area contributed by atoms with E-state index in [1.54, 1.807) is 18.2 Å². The SMILES string of the molecule is Cc1ccc(N=C2NC(=O)/C(=C\c3cc(I)c(OCc4ccccc4F)c(I)c3)S2)c(C)c1. The van der Waals surface area contributed by atoms with Crippen LogP contribution in [-0.2, 0) is 11.4 Å². The van der Waals surface area contributed by atoms with Crippen LogP contribution in [0.2, 0.25) is 0 Å². The van der Waals surface area contributed by atoms with E-state index < -0.39 is 0 Å². The molecule has 0 saturated carbocycles. The number of amides is 1. The Hall–Kier alpha value is -1.92. The molecule has 33 heavy (non-hydrogen) atoms. The fourth-order valence-electron chi connectivity index (χ4n) is 3.24. The van der Waals surface area contributed by atoms with Crippen molar-refractivity contribution in [1.29, 1.82) is 0 Å². The summed E-state index contributed by atoms with van der Waals surface area (Å²) in [6.07, 6.45) is 1.84. The van der Waals surface area contributed by atoms with Gasteiger partial charge in [-0.05, 0) is 112 Å². The van der Waals surface area contributed by atoms with Gasteiger partial charge in [0.05, 0.1) is 17.7 Å². The van der Waals surface area contributed by atoms with E-state index in [1.165, 1.54) is 23.4 Å². The Balaban J connectivity index is 1.52. The summed E-state index contributed by atoms with van der Waals surface area (Å²) in [7, 11) is 0. The van der Waals surface area contributed by atoms with Crippen molar-refractivity contribution in [1.82, 2.24) is 5.32 Å². The van der Waals surface area contributed by atoms with E-state index in [-0.39, 0.29) is 18.3 Å². The maximum atomic E-state index is 13.9. The predicted octanol–water partition coefficient (Wildman–Crippen LogP) is 7.12. The van der Waals surface area contributed by atoms with E-state index in [4.69, 9.17) is 4.74 Å². The molecule has 1 heterocycles. The number of carbonyl (C=O) groups is 1. The standard InChI is InChI=1S/C25H19FI2N2O2S/c1-14-7-8-21(15(2)9-14)29-25-30-24(31)22(33-25)12-16-10-19(27)23(20(28)11-16)32-13-17-5-3-4-6-18(17)26/h3-12H,13H2,1-2H3,(H,29,30,31)/b22-12+. The number of hydrogen-bond donors (Lipinski definition) is 1. The highest BCUT2D eigenvalue weighted by atomic mass is 127. The lowest BCUT2D eigenvalue weighted by Gasteiger charge is -2.12. The maximum absolute atomic E-state index is 13.9. The van der Waals surface area contributed by atoms with Gasteiger partial charge in [0.15, 0.2) is 5.17 Å². The zero-order valence-electron chi connectivity index (χ0n) is 17.8. The van der Waals surface area contributed by atoms with Gasteiger partial charge >= 0.3 is 0 Å². The van der Waals surface area contributed by atoms with Crippen LogP contribution in [0.3, 0.4) is 0 Å². The molecule has 0 atom stereocenters. The molecule has 1 aliphatic heterocycles. The fourth-order valence-corrected chi connectivity index (χ4v) is 6.20. The number of nitrogens with zero attached hydrogens (tertiary/aromatic N) is 1. The summed E-state index contributed by atoms with van der Waals surface area (Å²) in [4.78, 5) is 17.7. The van der Waals surface area contributed by atoms with Gasteiger partial charge in [-0.2, -0.15) is 0 Å². The van der Waals surface area contributed by atoms with E-state index in [9.17, 15) is 9.18 Å². The first-order valence-corrected chi connectivity index (χ1v) is 13.0. The second-order valence-electron chi connectivity index (χ2n) is 7.47. The number of thioether (sulfide) groups is 1. The normalized spacial score (nSPS) is 15.8. The van der Waals surface area contributed by atoms with Gasteiger partial charge in [0, 0.05) is 5.56 Å². The third kappa shape index (κ3) is 5.96. The number of hydrogen-bond acceptors (Lipinski definition) is 4. The molecule has 4 rings (SSSR count). The van der Waals surface area contributed by atoms with Crippen molar-refractivity contribution < 1.29 is 13.9 Å². The Morgan fingerprint density at radius 2 is 1.82 bits per heavy atom. The number of benzene rings is 3. The molecular formula is C25H19FI2N2O2S. The molecule has 0 aromatic heterocycles. The van der Waals surface area contributed by atoms with Crippen LogP contribution >= 0.6 is 56.9 Å². The summed E-state index contributed by atoms with van der Waals surface area (Å²) in [6, 6.07) is 16.5. The summed E-state index contributed by atoms with van der Waals surface area (Å²) >= 11 is 5.71. The molecule has 4 nitrogen and oxygen atoms in total. The van der Waals surface area contributed by atoms with Gasteiger partial charge < -0.3 is 10.1 Å². The van der Waals surface area contributed by atoms with Crippen LogP contribution in [0, 0.1) is 26.8 Å². The number of aliphatic imine (C=N–C) groups is 1. The molecule has 1 aliphatic rings. The molecule has 3 aromatic carbocycles. The molecule has 0 unspecified atom stereocenters. The monoisotopic (exact) mass is 684 g/mol. The molecule has 1 N–H and O–H groups in total. The van der Waals surface area contributed by atoms with Crippen LogP contribution in [0.1, 0.15) is 22.3 Å². The third-order valence-corrected chi connectivity index (χ3v) is 7.39. The van der Waals surface area contributed by atoms with Crippen molar-refractivity contribution in [3.63, 3.8) is 0 Å². The number of nitrogens with one attached hydrogen (secondary N) is 1. The lowest BCUT2D eigenvalue weighted by Crippen LogP contribution is -2.19. The van der Waals surface area contributed by atoms with Gasteiger partial charge in [0.25, 0.3) is 5.91 Å². The Kier molecular flexibility index (Phi) is 7.75. The Morgan fingerprint density at radius 3 is 2.52 bits per heavy atom. The number of amidine groups is 1. The van der Waals surface area contributed by atoms with E-state index in [0.29, 0.717) is 21.4 Å². The molecule has 1 fully saturated rings. The van der Waals surface area contributed by atoms with Gasteiger partial charge in [-0.1, -0.05) is 35.9 Å². The second-order valence-corrected chi connectivity index (χ2v) is 10.8. The Morgan fingerprint density at radius 1 is 1.09 bits per heavy atom. The number of rotatable bonds is 5. The van der Waals surface area contributed by atoms with Crippen molar-refractivity contribution in [3.05, 3.63) is 94.7 Å². The predicted molar refractivity (Wildman–Crippen MR) is 149 cm³/mol. The zero-order chi connectivity index (χ0) is 23.5. The molecule has 0 radical (unpaired) electrons. The molecule has 1 amide bonds. The van der Waals surface area contributed by atoms with Gasteiger partial charge in [-0.3, -0.25) is 4.79 Å². The Labute approximate surface area is 223 Å². The summed E-state index contributed by atoms with van der Waals surface area (Å²) < 4.78 is 21.6. The average molecular weight is 684 g/mol. The highest BCUT2D eigenvalue weighted by molar-refractivity contribution is 14.1. The van der Waals surface area contributed by atoms with Gasteiger partial charge in [-0.25, -0.2) is 9.38 Å². The third-order valence-electron chi connectivity index (χ3n) is 4.87. The van der Waals surface area contributed by atoms with Gasteiger partial charge in [0.2, 0.25) is 0 Å².